The third-order valence-corrected chi connectivity index (χ3v) is 11.4. The molecule has 0 spiro atoms. The van der Waals surface area contributed by atoms with Gasteiger partial charge in [0.1, 0.15) is 0 Å². The number of amides is 1. The summed E-state index contributed by atoms with van der Waals surface area (Å²) < 4.78 is 5.42. The van der Waals surface area contributed by atoms with Gasteiger partial charge in [0, 0.05) is 12.8 Å². The number of hydrogen-bond acceptors (Lipinski definition) is 5. The third-order valence-electron chi connectivity index (χ3n) is 11.4. The average Bonchev–Trinajstić information content (AvgIpc) is 3.22. The zero-order valence-electron chi connectivity index (χ0n) is 38.5. The number of aliphatic hydroxyl groups is 2. The Bertz CT molecular complexity index is 946. The number of unbranched alkanes of at least 4 members (excludes halogenated alkanes) is 29. The Hall–Kier alpha value is -1.92. The highest BCUT2D eigenvalue weighted by atomic mass is 16.5. The first-order valence-corrected chi connectivity index (χ1v) is 25.2. The van der Waals surface area contributed by atoms with Gasteiger partial charge in [-0.25, -0.2) is 0 Å². The topological polar surface area (TPSA) is 95.9 Å². The molecule has 0 aromatic carbocycles. The van der Waals surface area contributed by atoms with Gasteiger partial charge in [-0.1, -0.05) is 198 Å². The van der Waals surface area contributed by atoms with Crippen LogP contribution < -0.4 is 5.32 Å². The van der Waals surface area contributed by atoms with Crippen molar-refractivity contribution in [2.75, 3.05) is 13.2 Å². The van der Waals surface area contributed by atoms with Gasteiger partial charge in [-0.15, -0.1) is 0 Å². The van der Waals surface area contributed by atoms with Crippen LogP contribution in [-0.2, 0) is 14.3 Å². The summed E-state index contributed by atoms with van der Waals surface area (Å²) >= 11 is 0. The molecule has 0 saturated heterocycles. The Morgan fingerprint density at radius 2 is 0.862 bits per heavy atom. The minimum absolute atomic E-state index is 0.0507. The number of hydrogen-bond donors (Lipinski definition) is 3. The summed E-state index contributed by atoms with van der Waals surface area (Å²) in [5.41, 5.74) is 0. The van der Waals surface area contributed by atoms with Gasteiger partial charge in [0.05, 0.1) is 25.4 Å². The molecular weight excluding hydrogens is 719 g/mol. The molecular formula is C52H97NO5. The lowest BCUT2D eigenvalue weighted by Gasteiger charge is -2.22. The van der Waals surface area contributed by atoms with Crippen molar-refractivity contribution in [3.05, 3.63) is 36.5 Å². The number of ether oxygens (including phenoxy) is 1. The summed E-state index contributed by atoms with van der Waals surface area (Å²) in [4.78, 5) is 24.4. The Kier molecular flexibility index (Phi) is 46.2. The Balaban J connectivity index is 3.55. The Labute approximate surface area is 360 Å². The first-order valence-electron chi connectivity index (χ1n) is 25.2. The van der Waals surface area contributed by atoms with Crippen LogP contribution in [0.5, 0.6) is 0 Å². The Morgan fingerprint density at radius 3 is 1.36 bits per heavy atom. The van der Waals surface area contributed by atoms with Crippen LogP contribution in [-0.4, -0.2) is 47.4 Å². The lowest BCUT2D eigenvalue weighted by molar-refractivity contribution is -0.143. The van der Waals surface area contributed by atoms with Crippen molar-refractivity contribution in [3.63, 3.8) is 0 Å². The molecule has 1 amide bonds. The molecule has 58 heavy (non-hydrogen) atoms. The standard InChI is InChI=1S/C52H97NO5/c1-3-5-7-9-11-13-15-17-19-21-22-24-28-32-36-40-44-50(55)49(48-54)53-51(56)45-41-37-33-29-26-27-31-35-39-43-47-58-52(57)46-42-38-34-30-25-23-20-18-16-14-12-10-8-6-4-2/h12,14,18,20,27,31,49-50,54-55H,3-11,13,15-17,19,21-26,28-30,32-48H2,1-2H3,(H,53,56)/b14-12-,20-18-,31-27-. The molecule has 0 bridgehead atoms. The van der Waals surface area contributed by atoms with Crippen LogP contribution in [0.4, 0.5) is 0 Å². The van der Waals surface area contributed by atoms with Gasteiger partial charge < -0.3 is 20.3 Å². The highest BCUT2D eigenvalue weighted by molar-refractivity contribution is 5.76. The van der Waals surface area contributed by atoms with Gasteiger partial charge in [-0.05, 0) is 83.5 Å². The van der Waals surface area contributed by atoms with E-state index >= 15 is 0 Å². The molecule has 0 aromatic rings. The molecule has 0 aliphatic carbocycles. The first-order chi connectivity index (χ1) is 28.5. The average molecular weight is 816 g/mol. The number of carbonyl (C=O) groups is 2. The molecule has 0 heterocycles. The van der Waals surface area contributed by atoms with E-state index in [9.17, 15) is 19.8 Å². The fourth-order valence-electron chi connectivity index (χ4n) is 7.49. The van der Waals surface area contributed by atoms with Crippen molar-refractivity contribution in [2.24, 2.45) is 0 Å². The molecule has 0 rings (SSSR count). The molecule has 2 unspecified atom stereocenters. The number of nitrogens with one attached hydrogen (secondary N) is 1. The van der Waals surface area contributed by atoms with E-state index in [2.05, 4.69) is 55.6 Å². The molecule has 6 heteroatoms. The first kappa shape index (κ1) is 56.1. The van der Waals surface area contributed by atoms with Gasteiger partial charge in [-0.2, -0.15) is 0 Å². The predicted octanol–water partition coefficient (Wildman–Crippen LogP) is 14.9. The van der Waals surface area contributed by atoms with E-state index in [-0.39, 0.29) is 18.5 Å². The molecule has 0 aliphatic rings. The second-order valence-corrected chi connectivity index (χ2v) is 17.1. The highest BCUT2D eigenvalue weighted by Gasteiger charge is 2.20. The fourth-order valence-corrected chi connectivity index (χ4v) is 7.49. The number of aliphatic hydroxyl groups excluding tert-OH is 2. The normalized spacial score (nSPS) is 13.0. The van der Waals surface area contributed by atoms with Crippen LogP contribution in [0.2, 0.25) is 0 Å². The molecule has 3 N–H and O–H groups in total. The minimum atomic E-state index is -0.687. The summed E-state index contributed by atoms with van der Waals surface area (Å²) in [5, 5.41) is 23.2. The van der Waals surface area contributed by atoms with Crippen molar-refractivity contribution in [1.29, 1.82) is 0 Å². The van der Waals surface area contributed by atoms with Crippen molar-refractivity contribution in [2.45, 2.75) is 270 Å². The summed E-state index contributed by atoms with van der Waals surface area (Å²) in [6.07, 6.45) is 56.8. The lowest BCUT2D eigenvalue weighted by Crippen LogP contribution is -2.45. The second kappa shape index (κ2) is 47.8. The van der Waals surface area contributed by atoms with E-state index in [0.29, 0.717) is 25.9 Å². The maximum atomic E-state index is 12.4. The molecule has 340 valence electrons. The zero-order chi connectivity index (χ0) is 42.3. The number of carbonyl (C=O) groups excluding carboxylic acids is 2. The summed E-state index contributed by atoms with van der Waals surface area (Å²) in [7, 11) is 0. The molecule has 6 nitrogen and oxygen atoms in total. The zero-order valence-corrected chi connectivity index (χ0v) is 38.5. The van der Waals surface area contributed by atoms with E-state index in [0.717, 1.165) is 89.9 Å². The van der Waals surface area contributed by atoms with E-state index < -0.39 is 12.1 Å². The van der Waals surface area contributed by atoms with Crippen LogP contribution >= 0.6 is 0 Å². The largest absolute Gasteiger partial charge is 0.466 e. The monoisotopic (exact) mass is 816 g/mol. The number of esters is 1. The predicted molar refractivity (Wildman–Crippen MR) is 250 cm³/mol. The molecule has 0 aliphatic heterocycles. The maximum Gasteiger partial charge on any atom is 0.305 e. The van der Waals surface area contributed by atoms with Crippen molar-refractivity contribution in [1.82, 2.24) is 5.32 Å². The maximum absolute atomic E-state index is 12.4. The quantitative estimate of drug-likeness (QED) is 0.0323. The number of rotatable bonds is 46. The van der Waals surface area contributed by atoms with Gasteiger partial charge in [0.2, 0.25) is 5.91 Å². The lowest BCUT2D eigenvalue weighted by atomic mass is 10.0. The van der Waals surface area contributed by atoms with Gasteiger partial charge in [0.25, 0.3) is 0 Å². The fraction of sp³-hybridized carbons (Fsp3) is 0.846. The van der Waals surface area contributed by atoms with Crippen molar-refractivity contribution >= 4 is 11.9 Å². The Morgan fingerprint density at radius 1 is 0.483 bits per heavy atom. The summed E-state index contributed by atoms with van der Waals surface area (Å²) in [6.45, 7) is 4.83. The minimum Gasteiger partial charge on any atom is -0.466 e. The van der Waals surface area contributed by atoms with E-state index in [4.69, 9.17) is 4.74 Å². The van der Waals surface area contributed by atoms with Crippen LogP contribution in [0.25, 0.3) is 0 Å². The number of allylic oxidation sites excluding steroid dienone is 6. The van der Waals surface area contributed by atoms with Crippen LogP contribution in [0.15, 0.2) is 36.5 Å². The van der Waals surface area contributed by atoms with Crippen molar-refractivity contribution in [3.8, 4) is 0 Å². The van der Waals surface area contributed by atoms with Gasteiger partial charge in [-0.3, -0.25) is 9.59 Å². The van der Waals surface area contributed by atoms with E-state index in [1.807, 2.05) is 0 Å². The molecule has 0 radical (unpaired) electrons. The van der Waals surface area contributed by atoms with E-state index in [1.165, 1.54) is 135 Å². The van der Waals surface area contributed by atoms with E-state index in [1.54, 1.807) is 0 Å². The summed E-state index contributed by atoms with van der Waals surface area (Å²) in [6, 6.07) is -0.568. The van der Waals surface area contributed by atoms with Crippen LogP contribution in [0.3, 0.4) is 0 Å². The van der Waals surface area contributed by atoms with Crippen LogP contribution in [0.1, 0.15) is 258 Å². The smallest absolute Gasteiger partial charge is 0.305 e. The third kappa shape index (κ3) is 43.7. The SMILES string of the molecule is CCCCC/C=C\C/C=C\CCCCCCCC(=O)OCCCC/C=C\CCCCCCC(=O)NC(CO)C(O)CCCCCCCCCCCCCCCCCC. The highest BCUT2D eigenvalue weighted by Crippen LogP contribution is 2.16. The summed E-state index contributed by atoms with van der Waals surface area (Å²) in [5.74, 6) is -0.123. The molecule has 0 saturated carbocycles. The van der Waals surface area contributed by atoms with Crippen LogP contribution in [0, 0.1) is 0 Å². The second-order valence-electron chi connectivity index (χ2n) is 17.1. The molecule has 0 fully saturated rings. The van der Waals surface area contributed by atoms with Gasteiger partial charge >= 0.3 is 5.97 Å². The van der Waals surface area contributed by atoms with Crippen molar-refractivity contribution < 1.29 is 24.5 Å². The van der Waals surface area contributed by atoms with Gasteiger partial charge in [0.15, 0.2) is 0 Å². The molecule has 2 atom stereocenters. The molecule has 0 aromatic heterocycles.